The summed E-state index contributed by atoms with van der Waals surface area (Å²) >= 11 is 0. The van der Waals surface area contributed by atoms with Gasteiger partial charge in [0.1, 0.15) is 19.0 Å². The van der Waals surface area contributed by atoms with Crippen molar-refractivity contribution in [3.05, 3.63) is 19.0 Å². The summed E-state index contributed by atoms with van der Waals surface area (Å²) in [6.45, 7) is 0. The normalized spacial score (nSPS) is 5.33. The zero-order valence-electron chi connectivity index (χ0n) is 6.07. The van der Waals surface area contributed by atoms with Crippen LogP contribution in [0.25, 0.3) is 0 Å². The van der Waals surface area contributed by atoms with Gasteiger partial charge in [-0.3, -0.25) is 0 Å². The Morgan fingerprint density at radius 1 is 0.556 bits per heavy atom. The van der Waals surface area contributed by atoms with Crippen molar-refractivity contribution in [3.8, 4) is 0 Å². The van der Waals surface area contributed by atoms with Crippen LogP contribution >= 0.6 is 0 Å². The molecule has 9 heavy (non-hydrogen) atoms. The predicted octanol–water partition coefficient (Wildman–Crippen LogP) is -1.27. The van der Waals surface area contributed by atoms with Gasteiger partial charge < -0.3 is 0 Å². The van der Waals surface area contributed by atoms with Gasteiger partial charge in [0.2, 0.25) is 0 Å². The van der Waals surface area contributed by atoms with Gasteiger partial charge in [-0.15, -0.1) is 0 Å². The summed E-state index contributed by atoms with van der Waals surface area (Å²) in [4.78, 5) is 10.7. The molecular weight excluding hydrogens is 147 g/mol. The number of rotatable bonds is 0. The molecular formula is C3H3N3Na3. The van der Waals surface area contributed by atoms with Crippen LogP contribution in [0.5, 0.6) is 0 Å². The van der Waals surface area contributed by atoms with E-state index in [2.05, 4.69) is 15.0 Å². The fourth-order valence-corrected chi connectivity index (χ4v) is 0.205. The molecule has 6 heteroatoms. The van der Waals surface area contributed by atoms with E-state index in [9.17, 15) is 0 Å². The summed E-state index contributed by atoms with van der Waals surface area (Å²) in [6.07, 6.45) is 4.31. The number of hydrogen-bond donors (Lipinski definition) is 0. The summed E-state index contributed by atoms with van der Waals surface area (Å²) in [5.74, 6) is 0. The topological polar surface area (TPSA) is 38.7 Å². The van der Waals surface area contributed by atoms with Gasteiger partial charge >= 0.3 is 0 Å². The van der Waals surface area contributed by atoms with Crippen molar-refractivity contribution in [1.82, 2.24) is 15.0 Å². The van der Waals surface area contributed by atoms with Crippen molar-refractivity contribution < 1.29 is 0 Å². The Morgan fingerprint density at radius 3 is 0.889 bits per heavy atom. The third kappa shape index (κ3) is 10.0. The van der Waals surface area contributed by atoms with E-state index < -0.39 is 0 Å². The molecule has 1 heterocycles. The van der Waals surface area contributed by atoms with E-state index in [4.69, 9.17) is 0 Å². The van der Waals surface area contributed by atoms with E-state index >= 15 is 0 Å². The van der Waals surface area contributed by atoms with Gasteiger partial charge in [-0.05, 0) is 0 Å². The monoisotopic (exact) mass is 150 g/mol. The van der Waals surface area contributed by atoms with Gasteiger partial charge in [-0.1, -0.05) is 0 Å². The largest absolute Gasteiger partial charge is 0.225 e. The average molecular weight is 150 g/mol. The molecule has 0 atom stereocenters. The molecule has 0 amide bonds. The van der Waals surface area contributed by atoms with Gasteiger partial charge in [0.25, 0.3) is 0 Å². The van der Waals surface area contributed by atoms with Crippen LogP contribution in [0.3, 0.4) is 0 Å². The molecule has 0 aromatic carbocycles. The standard InChI is InChI=1S/C3H3N3.3Na/c1-4-2-6-3-5-1;;;/h1-3H;;;. The van der Waals surface area contributed by atoms with Crippen molar-refractivity contribution in [2.45, 2.75) is 0 Å². The van der Waals surface area contributed by atoms with Crippen LogP contribution in [0, 0.1) is 0 Å². The second kappa shape index (κ2) is 12.7. The van der Waals surface area contributed by atoms with E-state index in [1.165, 1.54) is 19.0 Å². The second-order valence-corrected chi connectivity index (χ2v) is 0.794. The summed E-state index contributed by atoms with van der Waals surface area (Å²) in [5, 5.41) is 0. The number of nitrogens with zero attached hydrogens (tertiary/aromatic N) is 3. The molecule has 0 aliphatic heterocycles. The first-order valence-corrected chi connectivity index (χ1v) is 1.55. The Bertz CT molecular complexity index is 86.2. The van der Waals surface area contributed by atoms with E-state index in [1.54, 1.807) is 0 Å². The molecule has 0 N–H and O–H groups in total. The quantitative estimate of drug-likeness (QED) is 0.433. The Kier molecular flexibility index (Phi) is 24.2. The van der Waals surface area contributed by atoms with Crippen LogP contribution in [0.2, 0.25) is 0 Å². The fraction of sp³-hybridized carbons (Fsp3) is 0. The van der Waals surface area contributed by atoms with Crippen LogP contribution in [0.15, 0.2) is 19.0 Å². The molecule has 0 spiro atoms. The SMILES string of the molecule is [Na].[Na].[Na].c1ncncn1. The maximum Gasteiger partial charge on any atom is 0.119 e. The van der Waals surface area contributed by atoms with Crippen LogP contribution in [-0.4, -0.2) is 104 Å². The Hall–Kier alpha value is 2.01. The molecule has 1 aromatic heterocycles. The molecule has 0 fully saturated rings. The molecule has 1 rings (SSSR count). The Morgan fingerprint density at radius 2 is 0.778 bits per heavy atom. The smallest absolute Gasteiger partial charge is 0.119 e. The van der Waals surface area contributed by atoms with Crippen molar-refractivity contribution in [1.29, 1.82) is 0 Å². The molecule has 0 bridgehead atoms. The summed E-state index contributed by atoms with van der Waals surface area (Å²) in [7, 11) is 0. The molecule has 3 radical (unpaired) electrons. The zero-order valence-corrected chi connectivity index (χ0v) is 12.1. The van der Waals surface area contributed by atoms with Gasteiger partial charge in [0.15, 0.2) is 0 Å². The van der Waals surface area contributed by atoms with E-state index in [1.807, 2.05) is 0 Å². The van der Waals surface area contributed by atoms with Gasteiger partial charge in [0.05, 0.1) is 0 Å². The van der Waals surface area contributed by atoms with Crippen molar-refractivity contribution in [2.75, 3.05) is 0 Å². The maximum absolute atomic E-state index is 3.56. The summed E-state index contributed by atoms with van der Waals surface area (Å²) in [5.41, 5.74) is 0. The van der Waals surface area contributed by atoms with E-state index in [-0.39, 0.29) is 88.7 Å². The first-order valence-electron chi connectivity index (χ1n) is 1.55. The first-order chi connectivity index (χ1) is 3.00. The molecule has 33 valence electrons. The van der Waals surface area contributed by atoms with Gasteiger partial charge in [-0.2, -0.15) is 0 Å². The van der Waals surface area contributed by atoms with E-state index in [0.717, 1.165) is 0 Å². The molecule has 0 saturated heterocycles. The Labute approximate surface area is 120 Å². The minimum atomic E-state index is 0. The van der Waals surface area contributed by atoms with Crippen molar-refractivity contribution in [3.63, 3.8) is 0 Å². The van der Waals surface area contributed by atoms with E-state index in [0.29, 0.717) is 0 Å². The Balaban J connectivity index is -0.000000120. The van der Waals surface area contributed by atoms with Crippen LogP contribution in [0.4, 0.5) is 0 Å². The van der Waals surface area contributed by atoms with Gasteiger partial charge in [0, 0.05) is 88.7 Å². The predicted molar refractivity (Wildman–Crippen MR) is 37.1 cm³/mol. The molecule has 0 unspecified atom stereocenters. The third-order valence-corrected chi connectivity index (χ3v) is 0.400. The maximum atomic E-state index is 3.56. The van der Waals surface area contributed by atoms with Gasteiger partial charge in [-0.25, -0.2) is 15.0 Å². The van der Waals surface area contributed by atoms with Crippen LogP contribution in [0.1, 0.15) is 0 Å². The molecule has 0 saturated carbocycles. The van der Waals surface area contributed by atoms with Crippen molar-refractivity contribution >= 4 is 88.7 Å². The molecule has 1 aromatic rings. The number of aromatic nitrogens is 3. The molecule has 0 aliphatic rings. The molecule has 3 nitrogen and oxygen atoms in total. The molecule has 0 aliphatic carbocycles. The van der Waals surface area contributed by atoms with Crippen LogP contribution in [-0.2, 0) is 0 Å². The first kappa shape index (κ1) is 17.2. The summed E-state index contributed by atoms with van der Waals surface area (Å²) in [6, 6.07) is 0. The minimum Gasteiger partial charge on any atom is -0.225 e. The minimum absolute atomic E-state index is 0. The third-order valence-electron chi connectivity index (χ3n) is 0.400. The average Bonchev–Trinajstić information content (AvgIpc) is 1.72. The summed E-state index contributed by atoms with van der Waals surface area (Å²) < 4.78 is 0. The van der Waals surface area contributed by atoms with Crippen molar-refractivity contribution in [2.24, 2.45) is 0 Å². The second-order valence-electron chi connectivity index (χ2n) is 0.794. The fourth-order valence-electron chi connectivity index (χ4n) is 0.205. The zero-order chi connectivity index (χ0) is 4.24. The number of hydrogen-bond acceptors (Lipinski definition) is 3. The van der Waals surface area contributed by atoms with Crippen LogP contribution < -0.4 is 0 Å².